The second-order valence-corrected chi connectivity index (χ2v) is 5.57. The molecular formula is C15H17F3N4O. The molecular weight excluding hydrogens is 309 g/mol. The zero-order valence-electron chi connectivity index (χ0n) is 12.4. The largest absolute Gasteiger partial charge is 0.416 e. The number of benzene rings is 1. The molecule has 2 N–H and O–H groups in total. The Morgan fingerprint density at radius 1 is 1.09 bits per heavy atom. The van der Waals surface area contributed by atoms with Crippen molar-refractivity contribution in [3.8, 4) is 11.3 Å². The predicted octanol–water partition coefficient (Wildman–Crippen LogP) is 2.35. The van der Waals surface area contributed by atoms with Gasteiger partial charge in [-0.2, -0.15) is 13.2 Å². The molecule has 8 heteroatoms. The zero-order valence-corrected chi connectivity index (χ0v) is 12.4. The van der Waals surface area contributed by atoms with Crippen molar-refractivity contribution >= 4 is 0 Å². The van der Waals surface area contributed by atoms with E-state index in [1.165, 1.54) is 12.1 Å². The maximum Gasteiger partial charge on any atom is 0.416 e. The van der Waals surface area contributed by atoms with Gasteiger partial charge in [0.25, 0.3) is 0 Å². The number of hydrogen-bond donors (Lipinski definition) is 1. The highest BCUT2D eigenvalue weighted by Gasteiger charge is 2.30. The van der Waals surface area contributed by atoms with Gasteiger partial charge in [-0.15, -0.1) is 0 Å². The van der Waals surface area contributed by atoms with E-state index in [9.17, 15) is 13.2 Å². The first kappa shape index (κ1) is 16.0. The summed E-state index contributed by atoms with van der Waals surface area (Å²) in [4.78, 5) is 2.19. The number of alkyl halides is 3. The molecule has 0 radical (unpaired) electrons. The van der Waals surface area contributed by atoms with Crippen LogP contribution < -0.4 is 5.84 Å². The second-order valence-electron chi connectivity index (χ2n) is 5.57. The van der Waals surface area contributed by atoms with Crippen molar-refractivity contribution in [1.82, 2.24) is 15.1 Å². The van der Waals surface area contributed by atoms with Gasteiger partial charge in [0, 0.05) is 37.8 Å². The lowest BCUT2D eigenvalue weighted by molar-refractivity contribution is -0.137. The molecule has 0 amide bonds. The fourth-order valence-electron chi connectivity index (χ4n) is 2.50. The maximum atomic E-state index is 12.6. The van der Waals surface area contributed by atoms with E-state index in [-0.39, 0.29) is 0 Å². The molecule has 1 aromatic carbocycles. The van der Waals surface area contributed by atoms with E-state index in [0.29, 0.717) is 23.6 Å². The first-order valence-electron chi connectivity index (χ1n) is 7.27. The van der Waals surface area contributed by atoms with Gasteiger partial charge in [-0.1, -0.05) is 17.3 Å². The summed E-state index contributed by atoms with van der Waals surface area (Å²) in [6.45, 7) is 3.88. The zero-order chi connectivity index (χ0) is 16.4. The van der Waals surface area contributed by atoms with Crippen molar-refractivity contribution in [3.05, 3.63) is 41.7 Å². The van der Waals surface area contributed by atoms with Crippen molar-refractivity contribution in [2.75, 3.05) is 26.2 Å². The molecule has 124 valence electrons. The molecule has 0 atom stereocenters. The van der Waals surface area contributed by atoms with Crippen LogP contribution in [0.2, 0.25) is 0 Å². The lowest BCUT2D eigenvalue weighted by Gasteiger charge is -2.30. The average molecular weight is 326 g/mol. The number of halogens is 3. The average Bonchev–Trinajstić information content (AvgIpc) is 2.97. The van der Waals surface area contributed by atoms with E-state index in [1.54, 1.807) is 11.1 Å². The van der Waals surface area contributed by atoms with Crippen LogP contribution in [-0.4, -0.2) is 41.2 Å². The van der Waals surface area contributed by atoms with Crippen molar-refractivity contribution in [2.45, 2.75) is 12.7 Å². The van der Waals surface area contributed by atoms with Crippen LogP contribution in [-0.2, 0) is 12.7 Å². The molecule has 1 aromatic heterocycles. The summed E-state index contributed by atoms with van der Waals surface area (Å²) in [7, 11) is 0. The third kappa shape index (κ3) is 3.90. The Hall–Kier alpha value is -1.90. The minimum Gasteiger partial charge on any atom is -0.359 e. The van der Waals surface area contributed by atoms with Crippen LogP contribution in [0.1, 0.15) is 11.3 Å². The summed E-state index contributed by atoms with van der Waals surface area (Å²) in [6.07, 6.45) is -4.33. The fourth-order valence-corrected chi connectivity index (χ4v) is 2.50. The lowest BCUT2D eigenvalue weighted by atomic mass is 10.1. The number of nitrogens with two attached hydrogens (primary N) is 1. The molecule has 0 spiro atoms. The third-order valence-corrected chi connectivity index (χ3v) is 3.85. The van der Waals surface area contributed by atoms with Crippen molar-refractivity contribution in [3.63, 3.8) is 0 Å². The van der Waals surface area contributed by atoms with E-state index in [1.807, 2.05) is 0 Å². The first-order chi connectivity index (χ1) is 10.9. The molecule has 0 aliphatic carbocycles. The van der Waals surface area contributed by atoms with Crippen LogP contribution in [0.15, 0.2) is 34.9 Å². The van der Waals surface area contributed by atoms with Gasteiger partial charge in [-0.3, -0.25) is 10.7 Å². The highest BCUT2D eigenvalue weighted by Crippen LogP contribution is 2.30. The van der Waals surface area contributed by atoms with Crippen LogP contribution in [0.3, 0.4) is 0 Å². The minimum atomic E-state index is -4.33. The minimum absolute atomic E-state index is 0.534. The third-order valence-electron chi connectivity index (χ3n) is 3.85. The molecule has 5 nitrogen and oxygen atoms in total. The monoisotopic (exact) mass is 326 g/mol. The Labute approximate surface area is 131 Å². The molecule has 2 heterocycles. The van der Waals surface area contributed by atoms with Gasteiger partial charge < -0.3 is 4.52 Å². The Morgan fingerprint density at radius 2 is 1.74 bits per heavy atom. The maximum absolute atomic E-state index is 12.6. The van der Waals surface area contributed by atoms with Crippen molar-refractivity contribution in [1.29, 1.82) is 0 Å². The summed E-state index contributed by atoms with van der Waals surface area (Å²) >= 11 is 0. The lowest BCUT2D eigenvalue weighted by Crippen LogP contribution is -2.48. The van der Waals surface area contributed by atoms with Crippen LogP contribution in [0.4, 0.5) is 13.2 Å². The topological polar surface area (TPSA) is 58.5 Å². The normalized spacial score (nSPS) is 17.6. The van der Waals surface area contributed by atoms with Gasteiger partial charge in [0.2, 0.25) is 0 Å². The SMILES string of the molecule is NN1CCN(Cc2cc(-c3ccc(C(F)(F)F)cc3)no2)CC1. The molecule has 1 fully saturated rings. The summed E-state index contributed by atoms with van der Waals surface area (Å²) in [5, 5.41) is 5.71. The molecule has 2 aromatic rings. The predicted molar refractivity (Wildman–Crippen MR) is 78.0 cm³/mol. The van der Waals surface area contributed by atoms with Gasteiger partial charge in [-0.05, 0) is 12.1 Å². The van der Waals surface area contributed by atoms with Gasteiger partial charge in [0.15, 0.2) is 5.76 Å². The van der Waals surface area contributed by atoms with Crippen LogP contribution >= 0.6 is 0 Å². The van der Waals surface area contributed by atoms with E-state index >= 15 is 0 Å². The summed E-state index contributed by atoms with van der Waals surface area (Å²) in [5.74, 6) is 6.39. The number of aromatic nitrogens is 1. The van der Waals surface area contributed by atoms with E-state index in [0.717, 1.165) is 38.3 Å². The summed E-state index contributed by atoms with van der Waals surface area (Å²) < 4.78 is 43.0. The Kier molecular flexibility index (Phi) is 4.38. The van der Waals surface area contributed by atoms with Crippen LogP contribution in [0, 0.1) is 0 Å². The van der Waals surface area contributed by atoms with Gasteiger partial charge in [0.1, 0.15) is 5.69 Å². The molecule has 1 aliphatic rings. The number of nitrogens with zero attached hydrogens (tertiary/aromatic N) is 3. The number of piperazine rings is 1. The summed E-state index contributed by atoms with van der Waals surface area (Å²) in [5.41, 5.74) is 0.454. The fraction of sp³-hybridized carbons (Fsp3) is 0.400. The highest BCUT2D eigenvalue weighted by molar-refractivity contribution is 5.59. The van der Waals surface area contributed by atoms with Crippen molar-refractivity contribution < 1.29 is 17.7 Å². The quantitative estimate of drug-likeness (QED) is 0.878. The number of rotatable bonds is 3. The van der Waals surface area contributed by atoms with E-state index in [4.69, 9.17) is 10.4 Å². The Bertz CT molecular complexity index is 645. The molecule has 0 saturated carbocycles. The highest BCUT2D eigenvalue weighted by atomic mass is 19.4. The Balaban J connectivity index is 1.67. The Morgan fingerprint density at radius 3 is 2.35 bits per heavy atom. The number of hydrogen-bond acceptors (Lipinski definition) is 5. The standard InChI is InChI=1S/C15H17F3N4O/c16-15(17,18)12-3-1-11(2-4-12)14-9-13(23-20-14)10-21-5-7-22(19)8-6-21/h1-4,9H,5-8,10,19H2. The first-order valence-corrected chi connectivity index (χ1v) is 7.27. The molecule has 0 unspecified atom stereocenters. The molecule has 0 bridgehead atoms. The molecule has 3 rings (SSSR count). The molecule has 1 saturated heterocycles. The smallest absolute Gasteiger partial charge is 0.359 e. The summed E-state index contributed by atoms with van der Waals surface area (Å²) in [6, 6.07) is 6.65. The van der Waals surface area contributed by atoms with Gasteiger partial charge >= 0.3 is 6.18 Å². The van der Waals surface area contributed by atoms with Crippen LogP contribution in [0.5, 0.6) is 0 Å². The van der Waals surface area contributed by atoms with Crippen molar-refractivity contribution in [2.24, 2.45) is 5.84 Å². The molecule has 23 heavy (non-hydrogen) atoms. The van der Waals surface area contributed by atoms with Gasteiger partial charge in [-0.25, -0.2) is 5.01 Å². The molecule has 1 aliphatic heterocycles. The van der Waals surface area contributed by atoms with Gasteiger partial charge in [0.05, 0.1) is 12.1 Å². The number of hydrazine groups is 1. The van der Waals surface area contributed by atoms with E-state index in [2.05, 4.69) is 10.1 Å². The second kappa shape index (κ2) is 6.31. The van der Waals surface area contributed by atoms with E-state index < -0.39 is 11.7 Å². The van der Waals surface area contributed by atoms with Crippen LogP contribution in [0.25, 0.3) is 11.3 Å².